The van der Waals surface area contributed by atoms with Crippen molar-refractivity contribution in [3.8, 4) is 11.1 Å². The van der Waals surface area contributed by atoms with Crippen LogP contribution in [0.1, 0.15) is 12.8 Å². The topological polar surface area (TPSA) is 68.7 Å². The maximum Gasteiger partial charge on any atom is 0.124 e. The minimum Gasteiger partial charge on any atom is -0.393 e. The molecule has 130 valence electrons. The molecule has 0 aromatic heterocycles. The average molecular weight is 345 g/mol. The molecule has 2 heterocycles. The molecule has 26 heavy (non-hydrogen) atoms. The number of H-pyrrole nitrogens is 1. The minimum absolute atomic E-state index is 0.231. The van der Waals surface area contributed by atoms with Crippen molar-refractivity contribution < 1.29 is 5.11 Å². The third-order valence-corrected chi connectivity index (χ3v) is 5.50. The average Bonchev–Trinajstić information content (AvgIpc) is 3.03. The van der Waals surface area contributed by atoms with Crippen molar-refractivity contribution in [1.29, 1.82) is 0 Å². The number of aliphatic hydroxyl groups is 1. The van der Waals surface area contributed by atoms with E-state index in [9.17, 15) is 10.0 Å². The first-order valence-electron chi connectivity index (χ1n) is 8.99. The largest absolute Gasteiger partial charge is 0.393 e. The number of benzene rings is 2. The fourth-order valence-electron chi connectivity index (χ4n) is 4.23. The van der Waals surface area contributed by atoms with Crippen LogP contribution in [-0.2, 0) is 0 Å². The molecule has 1 fully saturated rings. The van der Waals surface area contributed by atoms with Crippen LogP contribution in [0.5, 0.6) is 0 Å². The Kier molecular flexibility index (Phi) is 3.43. The Hall–Kier alpha value is -2.92. The van der Waals surface area contributed by atoms with Crippen molar-refractivity contribution in [3.05, 3.63) is 53.4 Å². The lowest BCUT2D eigenvalue weighted by Crippen LogP contribution is -2.36. The van der Waals surface area contributed by atoms with Gasteiger partial charge < -0.3 is 15.0 Å². The van der Waals surface area contributed by atoms with E-state index >= 15 is 0 Å². The smallest absolute Gasteiger partial charge is 0.124 e. The van der Waals surface area contributed by atoms with Crippen molar-refractivity contribution >= 4 is 33.2 Å². The molecule has 1 aliphatic carbocycles. The molecule has 0 unspecified atom stereocenters. The lowest BCUT2D eigenvalue weighted by Gasteiger charge is -2.33. The standard InChI is InChI=1S/C21H19N3O2/c25-13-9-11-24(12-10-13)21-19-14-5-1-2-6-15(14)20(23-26)18(19)16-7-3-4-8-17(16)22-21/h1-8,13,22,25H,9-12H2. The number of para-hydroxylation sites is 1. The zero-order valence-electron chi connectivity index (χ0n) is 14.3. The number of rotatable bonds is 2. The van der Waals surface area contributed by atoms with Crippen molar-refractivity contribution in [1.82, 2.24) is 4.98 Å². The van der Waals surface area contributed by atoms with E-state index in [1.807, 2.05) is 42.5 Å². The SMILES string of the molecule is O=Nc1c2c3ccccc3[nH]c(N3CCC(O)CC3)c-2c2ccccc12. The Morgan fingerprint density at radius 1 is 0.923 bits per heavy atom. The number of aromatic amines is 1. The number of hydrogen-bond donors (Lipinski definition) is 2. The van der Waals surface area contributed by atoms with Crippen LogP contribution in [0.3, 0.4) is 0 Å². The van der Waals surface area contributed by atoms with Crippen molar-refractivity contribution in [2.75, 3.05) is 18.0 Å². The minimum atomic E-state index is -0.231. The number of pyridine rings is 1. The molecule has 2 aromatic carbocycles. The molecule has 0 spiro atoms. The molecule has 0 saturated carbocycles. The Labute approximate surface area is 150 Å². The predicted octanol–water partition coefficient (Wildman–Crippen LogP) is 4.78. The molecular formula is C21H19N3O2. The van der Waals surface area contributed by atoms with Gasteiger partial charge in [0.25, 0.3) is 0 Å². The molecule has 2 aliphatic heterocycles. The molecule has 2 N–H and O–H groups in total. The molecule has 0 amide bonds. The van der Waals surface area contributed by atoms with E-state index in [2.05, 4.69) is 21.1 Å². The highest BCUT2D eigenvalue weighted by atomic mass is 16.3. The quantitative estimate of drug-likeness (QED) is 0.514. The van der Waals surface area contributed by atoms with E-state index in [1.165, 1.54) is 0 Å². The molecular weight excluding hydrogens is 326 g/mol. The second kappa shape index (κ2) is 5.81. The van der Waals surface area contributed by atoms with Gasteiger partial charge in [-0.25, -0.2) is 0 Å². The van der Waals surface area contributed by atoms with Gasteiger partial charge in [0.1, 0.15) is 11.5 Å². The monoisotopic (exact) mass is 345 g/mol. The summed E-state index contributed by atoms with van der Waals surface area (Å²) in [7, 11) is 0. The van der Waals surface area contributed by atoms with E-state index in [0.717, 1.165) is 64.6 Å². The first kappa shape index (κ1) is 15.3. The summed E-state index contributed by atoms with van der Waals surface area (Å²) in [5, 5.41) is 16.2. The number of hydrogen-bond acceptors (Lipinski definition) is 4. The lowest BCUT2D eigenvalue weighted by molar-refractivity contribution is 0.145. The predicted molar refractivity (Wildman–Crippen MR) is 105 cm³/mol. The van der Waals surface area contributed by atoms with Gasteiger partial charge in [0.15, 0.2) is 0 Å². The van der Waals surface area contributed by atoms with Gasteiger partial charge in [-0.2, -0.15) is 0 Å². The fourth-order valence-corrected chi connectivity index (χ4v) is 4.23. The normalized spacial score (nSPS) is 16.0. The van der Waals surface area contributed by atoms with Crippen LogP contribution in [0.25, 0.3) is 32.8 Å². The second-order valence-electron chi connectivity index (χ2n) is 6.97. The number of anilines is 1. The number of nitrogens with one attached hydrogen (secondary N) is 1. The molecule has 0 atom stereocenters. The van der Waals surface area contributed by atoms with E-state index < -0.39 is 0 Å². The fraction of sp³-hybridized carbons (Fsp3) is 0.238. The first-order chi connectivity index (χ1) is 12.8. The Morgan fingerprint density at radius 3 is 2.31 bits per heavy atom. The zero-order valence-corrected chi connectivity index (χ0v) is 14.3. The maximum atomic E-state index is 11.8. The summed E-state index contributed by atoms with van der Waals surface area (Å²) in [5.74, 6) is 1.01. The van der Waals surface area contributed by atoms with Crippen molar-refractivity contribution in [2.45, 2.75) is 18.9 Å². The van der Waals surface area contributed by atoms with Gasteiger partial charge in [0.05, 0.1) is 6.10 Å². The van der Waals surface area contributed by atoms with Crippen LogP contribution in [-0.4, -0.2) is 29.3 Å². The van der Waals surface area contributed by atoms with E-state index in [1.54, 1.807) is 0 Å². The molecule has 0 bridgehead atoms. The summed E-state index contributed by atoms with van der Waals surface area (Å²) < 4.78 is 0. The molecule has 2 aromatic rings. The van der Waals surface area contributed by atoms with E-state index in [4.69, 9.17) is 0 Å². The summed E-state index contributed by atoms with van der Waals surface area (Å²) in [4.78, 5) is 17.6. The van der Waals surface area contributed by atoms with Gasteiger partial charge >= 0.3 is 0 Å². The molecule has 1 saturated heterocycles. The molecule has 5 nitrogen and oxygen atoms in total. The first-order valence-corrected chi connectivity index (χ1v) is 8.99. The van der Waals surface area contributed by atoms with Gasteiger partial charge in [-0.15, -0.1) is 4.91 Å². The molecule has 5 rings (SSSR count). The van der Waals surface area contributed by atoms with Gasteiger partial charge in [0.2, 0.25) is 0 Å². The second-order valence-corrected chi connectivity index (χ2v) is 6.97. The highest BCUT2D eigenvalue weighted by molar-refractivity contribution is 6.21. The van der Waals surface area contributed by atoms with Crippen LogP contribution in [0.2, 0.25) is 0 Å². The number of piperidine rings is 1. The Balaban J connectivity index is 1.89. The van der Waals surface area contributed by atoms with Crippen LogP contribution < -0.4 is 4.90 Å². The number of aromatic nitrogens is 1. The van der Waals surface area contributed by atoms with Crippen LogP contribution in [0.4, 0.5) is 11.5 Å². The van der Waals surface area contributed by atoms with Gasteiger partial charge in [-0.3, -0.25) is 0 Å². The van der Waals surface area contributed by atoms with Crippen molar-refractivity contribution in [3.63, 3.8) is 0 Å². The van der Waals surface area contributed by atoms with E-state index in [-0.39, 0.29) is 6.10 Å². The third kappa shape index (κ3) is 2.14. The number of fused-ring (bicyclic) bond motifs is 5. The molecule has 0 radical (unpaired) electrons. The van der Waals surface area contributed by atoms with Crippen LogP contribution in [0.15, 0.2) is 53.7 Å². The van der Waals surface area contributed by atoms with Gasteiger partial charge in [-0.1, -0.05) is 42.5 Å². The number of nitroso groups, excluding NO2 is 1. The third-order valence-electron chi connectivity index (χ3n) is 5.50. The lowest BCUT2D eigenvalue weighted by atomic mass is 10.00. The van der Waals surface area contributed by atoms with Crippen LogP contribution in [0, 0.1) is 4.91 Å². The Morgan fingerprint density at radius 2 is 1.58 bits per heavy atom. The van der Waals surface area contributed by atoms with Gasteiger partial charge in [0, 0.05) is 40.5 Å². The van der Waals surface area contributed by atoms with E-state index in [0.29, 0.717) is 5.69 Å². The van der Waals surface area contributed by atoms with Crippen LogP contribution >= 0.6 is 0 Å². The highest BCUT2D eigenvalue weighted by Gasteiger charge is 2.28. The van der Waals surface area contributed by atoms with Crippen molar-refractivity contribution in [2.24, 2.45) is 5.18 Å². The van der Waals surface area contributed by atoms with Gasteiger partial charge in [-0.05, 0) is 29.5 Å². The summed E-state index contributed by atoms with van der Waals surface area (Å²) in [6.07, 6.45) is 1.27. The maximum absolute atomic E-state index is 11.8. The summed E-state index contributed by atoms with van der Waals surface area (Å²) >= 11 is 0. The number of nitrogens with zero attached hydrogens (tertiary/aromatic N) is 2. The highest BCUT2D eigenvalue weighted by Crippen LogP contribution is 2.51. The summed E-state index contributed by atoms with van der Waals surface area (Å²) in [6.45, 7) is 1.57. The molecule has 5 heteroatoms. The Bertz CT molecular complexity index is 1090. The summed E-state index contributed by atoms with van der Waals surface area (Å²) in [5.41, 5.74) is 3.46. The molecule has 3 aliphatic rings. The zero-order chi connectivity index (χ0) is 17.7. The number of aliphatic hydroxyl groups excluding tert-OH is 1. The summed E-state index contributed by atoms with van der Waals surface area (Å²) in [6, 6.07) is 16.0.